The number of thiazole rings is 1. The molecule has 3 rings (SSSR count). The van der Waals surface area contributed by atoms with E-state index in [0.29, 0.717) is 18.7 Å². The van der Waals surface area contributed by atoms with Gasteiger partial charge < -0.3 is 10.1 Å². The first-order valence-electron chi connectivity index (χ1n) is 14.8. The molecule has 1 aromatic heterocycles. The van der Waals surface area contributed by atoms with E-state index < -0.39 is 5.82 Å². The Hall–Kier alpha value is -2.73. The average molecular weight is 554 g/mol. The zero-order valence-electron chi connectivity index (χ0n) is 23.9. The van der Waals surface area contributed by atoms with Crippen LogP contribution in [0.1, 0.15) is 100 Å². The van der Waals surface area contributed by atoms with E-state index in [0.717, 1.165) is 24.1 Å². The quantitative estimate of drug-likeness (QED) is 0.119. The molecule has 0 saturated carbocycles. The molecule has 0 aliphatic carbocycles. The lowest BCUT2D eigenvalue weighted by Gasteiger charge is -2.13. The van der Waals surface area contributed by atoms with E-state index in [4.69, 9.17) is 4.74 Å². The van der Waals surface area contributed by atoms with Gasteiger partial charge in [-0.05, 0) is 18.6 Å². The van der Waals surface area contributed by atoms with Crippen LogP contribution in [0.5, 0.6) is 5.75 Å². The Balaban J connectivity index is 1.40. The maximum atomic E-state index is 14.6. The van der Waals surface area contributed by atoms with E-state index in [1.807, 2.05) is 30.5 Å². The molecular weight excluding hydrogens is 507 g/mol. The summed E-state index contributed by atoms with van der Waals surface area (Å²) in [5.41, 5.74) is 2.38. The second-order valence-electron chi connectivity index (χ2n) is 10.4. The van der Waals surface area contributed by atoms with Crippen molar-refractivity contribution < 1.29 is 18.5 Å². The summed E-state index contributed by atoms with van der Waals surface area (Å²) in [4.78, 5) is 13.0. The fourth-order valence-corrected chi connectivity index (χ4v) is 5.51. The van der Waals surface area contributed by atoms with Crippen molar-refractivity contribution in [2.24, 2.45) is 0 Å². The predicted molar refractivity (Wildman–Crippen MR) is 160 cm³/mol. The SMILES string of the molecule is CCCCCCCCCCCCCCOc1c(F)cccc1CC(=O)Nc1ccccc1C[n+]1ccsc1C. The van der Waals surface area contributed by atoms with Crippen LogP contribution in [0.25, 0.3) is 0 Å². The molecular formula is C33H46FN2O2S+. The van der Waals surface area contributed by atoms with Crippen molar-refractivity contribution in [2.45, 2.75) is 104 Å². The molecule has 2 aromatic carbocycles. The lowest BCUT2D eigenvalue weighted by Crippen LogP contribution is -2.34. The van der Waals surface area contributed by atoms with Crippen LogP contribution in [0, 0.1) is 12.7 Å². The monoisotopic (exact) mass is 553 g/mol. The second-order valence-corrected chi connectivity index (χ2v) is 11.5. The van der Waals surface area contributed by atoms with Crippen molar-refractivity contribution >= 4 is 22.9 Å². The average Bonchev–Trinajstić information content (AvgIpc) is 3.33. The minimum absolute atomic E-state index is 0.0600. The minimum Gasteiger partial charge on any atom is -0.490 e. The lowest BCUT2D eigenvalue weighted by atomic mass is 10.1. The number of ether oxygens (including phenoxy) is 1. The Labute approximate surface area is 238 Å². The lowest BCUT2D eigenvalue weighted by molar-refractivity contribution is -0.689. The number of para-hydroxylation sites is 2. The number of nitrogens with one attached hydrogen (secondary N) is 1. The van der Waals surface area contributed by atoms with E-state index in [1.54, 1.807) is 23.5 Å². The number of hydrogen-bond acceptors (Lipinski definition) is 3. The summed E-state index contributed by atoms with van der Waals surface area (Å²) in [5.74, 6) is -0.396. The molecule has 0 spiro atoms. The van der Waals surface area contributed by atoms with E-state index in [9.17, 15) is 9.18 Å². The largest absolute Gasteiger partial charge is 0.490 e. The van der Waals surface area contributed by atoms with Gasteiger partial charge in [-0.15, -0.1) is 0 Å². The molecule has 0 fully saturated rings. The van der Waals surface area contributed by atoms with Crippen LogP contribution in [0.4, 0.5) is 10.1 Å². The number of carbonyl (C=O) groups is 1. The Bertz CT molecular complexity index is 1130. The predicted octanol–water partition coefficient (Wildman–Crippen LogP) is 8.79. The topological polar surface area (TPSA) is 42.2 Å². The summed E-state index contributed by atoms with van der Waals surface area (Å²) in [5, 5.41) is 6.28. The highest BCUT2D eigenvalue weighted by atomic mass is 32.1. The number of anilines is 1. The van der Waals surface area contributed by atoms with E-state index in [2.05, 4.69) is 29.1 Å². The van der Waals surface area contributed by atoms with E-state index in [1.165, 1.54) is 75.3 Å². The van der Waals surface area contributed by atoms with Crippen LogP contribution in [0.3, 0.4) is 0 Å². The molecule has 1 N–H and O–H groups in total. The van der Waals surface area contributed by atoms with Crippen LogP contribution in [-0.2, 0) is 17.8 Å². The smallest absolute Gasteiger partial charge is 0.234 e. The van der Waals surface area contributed by atoms with Gasteiger partial charge in [0, 0.05) is 18.1 Å². The van der Waals surface area contributed by atoms with Crippen molar-refractivity contribution in [3.05, 3.63) is 76.0 Å². The normalized spacial score (nSPS) is 11.1. The van der Waals surface area contributed by atoms with Gasteiger partial charge in [-0.2, -0.15) is 4.57 Å². The summed E-state index contributed by atoms with van der Waals surface area (Å²) in [6.07, 6.45) is 17.3. The van der Waals surface area contributed by atoms with Crippen molar-refractivity contribution in [1.29, 1.82) is 0 Å². The van der Waals surface area contributed by atoms with Gasteiger partial charge in [0.2, 0.25) is 10.9 Å². The number of benzene rings is 2. The summed E-state index contributed by atoms with van der Waals surface area (Å²) in [7, 11) is 0. The molecule has 1 heterocycles. The van der Waals surface area contributed by atoms with Gasteiger partial charge in [-0.1, -0.05) is 119 Å². The third-order valence-corrected chi connectivity index (χ3v) is 7.99. The number of halogens is 1. The fourth-order valence-electron chi connectivity index (χ4n) is 4.84. The Kier molecular flexibility index (Phi) is 14.0. The van der Waals surface area contributed by atoms with Gasteiger partial charge in [0.05, 0.1) is 24.1 Å². The standard InChI is InChI=1S/C33H45FN2O2S/c1-3-4-5-6-7-8-9-10-11-12-13-16-23-38-33-28(19-17-20-30(33)34)25-32(37)35-31-21-15-14-18-29(31)26-36-22-24-39-27(36)2/h14-15,17-22,24H,3-13,16,23,25-26H2,1-2H3/p+1. The van der Waals surface area contributed by atoms with Gasteiger partial charge in [0.25, 0.3) is 0 Å². The molecule has 0 aliphatic rings. The molecule has 39 heavy (non-hydrogen) atoms. The van der Waals surface area contributed by atoms with Crippen LogP contribution in [-0.4, -0.2) is 12.5 Å². The number of amides is 1. The first kappa shape index (κ1) is 30.8. The summed E-state index contributed by atoms with van der Waals surface area (Å²) >= 11 is 1.69. The molecule has 6 heteroatoms. The van der Waals surface area contributed by atoms with E-state index >= 15 is 0 Å². The van der Waals surface area contributed by atoms with Crippen molar-refractivity contribution in [3.8, 4) is 5.75 Å². The molecule has 212 valence electrons. The summed E-state index contributed by atoms with van der Waals surface area (Å²) < 4.78 is 22.6. The third kappa shape index (κ3) is 11.1. The highest BCUT2D eigenvalue weighted by Gasteiger charge is 2.16. The highest BCUT2D eigenvalue weighted by Crippen LogP contribution is 2.25. The Morgan fingerprint density at radius 2 is 1.51 bits per heavy atom. The first-order valence-corrected chi connectivity index (χ1v) is 15.7. The Morgan fingerprint density at radius 3 is 2.18 bits per heavy atom. The van der Waals surface area contributed by atoms with Gasteiger partial charge in [-0.3, -0.25) is 4.79 Å². The van der Waals surface area contributed by atoms with Crippen molar-refractivity contribution in [2.75, 3.05) is 11.9 Å². The number of aryl methyl sites for hydroxylation is 1. The molecule has 1 amide bonds. The van der Waals surface area contributed by atoms with Crippen molar-refractivity contribution in [3.63, 3.8) is 0 Å². The van der Waals surface area contributed by atoms with Crippen LogP contribution < -0.4 is 14.6 Å². The first-order chi connectivity index (χ1) is 19.1. The fraction of sp³-hybridized carbons (Fsp3) is 0.515. The minimum atomic E-state index is -0.413. The molecule has 0 aliphatic heterocycles. The third-order valence-electron chi connectivity index (χ3n) is 7.16. The van der Waals surface area contributed by atoms with Gasteiger partial charge >= 0.3 is 0 Å². The molecule has 0 unspecified atom stereocenters. The number of aromatic nitrogens is 1. The van der Waals surface area contributed by atoms with Crippen LogP contribution in [0.15, 0.2) is 54.0 Å². The molecule has 3 aromatic rings. The Morgan fingerprint density at radius 1 is 0.872 bits per heavy atom. The summed E-state index contributed by atoms with van der Waals surface area (Å²) in [6.45, 7) is 5.48. The van der Waals surface area contributed by atoms with Gasteiger partial charge in [0.1, 0.15) is 0 Å². The van der Waals surface area contributed by atoms with Crippen molar-refractivity contribution in [1.82, 2.24) is 0 Å². The maximum absolute atomic E-state index is 14.6. The summed E-state index contributed by atoms with van der Waals surface area (Å²) in [6, 6.07) is 12.6. The maximum Gasteiger partial charge on any atom is 0.234 e. The second kappa shape index (κ2) is 17.8. The zero-order valence-corrected chi connectivity index (χ0v) is 24.7. The number of hydrogen-bond donors (Lipinski definition) is 1. The van der Waals surface area contributed by atoms with Gasteiger partial charge in [0.15, 0.2) is 24.3 Å². The molecule has 0 bridgehead atoms. The van der Waals surface area contributed by atoms with Crippen LogP contribution in [0.2, 0.25) is 0 Å². The van der Waals surface area contributed by atoms with E-state index in [-0.39, 0.29) is 18.1 Å². The molecule has 0 radical (unpaired) electrons. The number of rotatable bonds is 19. The number of unbranched alkanes of at least 4 members (excludes halogenated alkanes) is 11. The molecule has 0 saturated heterocycles. The van der Waals surface area contributed by atoms with Gasteiger partial charge in [-0.25, -0.2) is 4.39 Å². The number of nitrogens with zero attached hydrogens (tertiary/aromatic N) is 1. The zero-order chi connectivity index (χ0) is 27.7. The molecule has 4 nitrogen and oxygen atoms in total. The van der Waals surface area contributed by atoms with Crippen LogP contribution >= 0.6 is 11.3 Å². The highest BCUT2D eigenvalue weighted by molar-refractivity contribution is 7.09. The molecule has 0 atom stereocenters. The number of carbonyl (C=O) groups excluding carboxylic acids is 1.